The van der Waals surface area contributed by atoms with Gasteiger partial charge in [-0.2, -0.15) is 0 Å². The van der Waals surface area contributed by atoms with Crippen LogP contribution in [0.4, 0.5) is 0 Å². The van der Waals surface area contributed by atoms with Crippen LogP contribution in [0.2, 0.25) is 0 Å². The first-order valence-electron chi connectivity index (χ1n) is 5.63. The van der Waals surface area contributed by atoms with Gasteiger partial charge in [0.2, 0.25) is 13.6 Å². The average molecular weight is 474 g/mol. The van der Waals surface area contributed by atoms with Gasteiger partial charge in [0, 0.05) is 0 Å². The lowest BCUT2D eigenvalue weighted by Gasteiger charge is -2.29. The van der Waals surface area contributed by atoms with Gasteiger partial charge < -0.3 is 0 Å². The third-order valence-electron chi connectivity index (χ3n) is 2.89. The average Bonchev–Trinajstić information content (AvgIpc) is 2.27. The summed E-state index contributed by atoms with van der Waals surface area (Å²) in [5.41, 5.74) is 0. The fraction of sp³-hybridized carbons (Fsp3) is 1.00. The second kappa shape index (κ2) is 8.66. The van der Waals surface area contributed by atoms with Crippen LogP contribution in [0, 0.1) is 5.92 Å². The summed E-state index contributed by atoms with van der Waals surface area (Å²) in [5, 5.41) is 8.61. The zero-order valence-corrected chi connectivity index (χ0v) is 15.2. The Balaban J connectivity index is 2.48. The number of hydrogen-bond donors (Lipinski definition) is 2. The molecule has 0 aromatic carbocycles. The van der Waals surface area contributed by atoms with Gasteiger partial charge in [0.25, 0.3) is 0 Å². The molecule has 0 amide bonds. The Kier molecular flexibility index (Phi) is 8.41. The fourth-order valence-corrected chi connectivity index (χ4v) is 3.92. The lowest BCUT2D eigenvalue weighted by Crippen LogP contribution is -2.42. The van der Waals surface area contributed by atoms with Crippen molar-refractivity contribution in [1.29, 1.82) is 0 Å². The molecular weight excluding hydrogens is 458 g/mol. The van der Waals surface area contributed by atoms with Crippen LogP contribution in [-0.2, 0) is 20.3 Å². The highest BCUT2D eigenvalue weighted by molar-refractivity contribution is 9.39. The molecule has 0 saturated heterocycles. The second-order valence-corrected chi connectivity index (χ2v) is 11.6. The monoisotopic (exact) mass is 471 g/mol. The SMILES string of the molecule is O=S(NC(COO)C1CCCCC1)OC(Br)(Br)Br. The Morgan fingerprint density at radius 2 is 1.94 bits per heavy atom. The molecule has 0 heterocycles. The first kappa shape index (κ1) is 17.5. The van der Waals surface area contributed by atoms with Crippen molar-refractivity contribution in [3.63, 3.8) is 0 Å². The van der Waals surface area contributed by atoms with Crippen molar-refractivity contribution >= 4 is 59.1 Å². The van der Waals surface area contributed by atoms with E-state index >= 15 is 0 Å². The molecule has 0 aliphatic heterocycles. The maximum atomic E-state index is 11.7. The third kappa shape index (κ3) is 7.28. The molecule has 2 unspecified atom stereocenters. The van der Waals surface area contributed by atoms with Gasteiger partial charge in [-0.15, -0.1) is 0 Å². The number of hydrogen-bond acceptors (Lipinski definition) is 4. The molecule has 18 heavy (non-hydrogen) atoms. The maximum absolute atomic E-state index is 11.7. The van der Waals surface area contributed by atoms with E-state index in [-0.39, 0.29) is 12.6 Å². The summed E-state index contributed by atoms with van der Waals surface area (Å²) < 4.78 is 18.6. The predicted octanol–water partition coefficient (Wildman–Crippen LogP) is 3.41. The molecular formula is C9H16Br3NO4S. The van der Waals surface area contributed by atoms with Crippen LogP contribution < -0.4 is 4.72 Å². The highest BCUT2D eigenvalue weighted by Crippen LogP contribution is 2.35. The van der Waals surface area contributed by atoms with E-state index in [1.165, 1.54) is 6.42 Å². The summed E-state index contributed by atoms with van der Waals surface area (Å²) in [6, 6.07) is -0.189. The van der Waals surface area contributed by atoms with E-state index in [9.17, 15) is 4.21 Å². The van der Waals surface area contributed by atoms with Gasteiger partial charge in [0.15, 0.2) is 0 Å². The van der Waals surface area contributed by atoms with Gasteiger partial charge in [-0.1, -0.05) is 19.3 Å². The lowest BCUT2D eigenvalue weighted by molar-refractivity contribution is -0.248. The molecule has 1 aliphatic rings. The minimum atomic E-state index is -1.70. The van der Waals surface area contributed by atoms with Crippen molar-refractivity contribution in [3.05, 3.63) is 0 Å². The van der Waals surface area contributed by atoms with Gasteiger partial charge in [0.1, 0.15) is 0 Å². The Bertz CT molecular complexity index is 271. The first-order valence-corrected chi connectivity index (χ1v) is 9.08. The lowest BCUT2D eigenvalue weighted by atomic mass is 9.84. The molecule has 108 valence electrons. The van der Waals surface area contributed by atoms with Gasteiger partial charge in [-0.25, -0.2) is 18.0 Å². The molecule has 9 heteroatoms. The van der Waals surface area contributed by atoms with Gasteiger partial charge in [-0.3, -0.25) is 5.26 Å². The van der Waals surface area contributed by atoms with E-state index in [2.05, 4.69) is 57.4 Å². The van der Waals surface area contributed by atoms with Crippen LogP contribution in [0.15, 0.2) is 0 Å². The van der Waals surface area contributed by atoms with E-state index in [1.807, 2.05) is 0 Å². The number of alkyl halides is 3. The molecule has 2 N–H and O–H groups in total. The highest BCUT2D eigenvalue weighted by Gasteiger charge is 2.28. The number of halogens is 3. The van der Waals surface area contributed by atoms with Gasteiger partial charge >= 0.3 is 0 Å². The molecule has 1 rings (SSSR count). The van der Waals surface area contributed by atoms with E-state index < -0.39 is 13.6 Å². The minimum absolute atomic E-state index is 0.0968. The largest absolute Gasteiger partial charge is 0.252 e. The van der Waals surface area contributed by atoms with E-state index in [0.29, 0.717) is 5.92 Å². The molecule has 5 nitrogen and oxygen atoms in total. The molecule has 0 aromatic rings. The summed E-state index contributed by atoms with van der Waals surface area (Å²) in [4.78, 5) is 4.20. The van der Waals surface area contributed by atoms with Crippen LogP contribution in [0.25, 0.3) is 0 Å². The van der Waals surface area contributed by atoms with Gasteiger partial charge in [0.05, 0.1) is 12.6 Å². The molecule has 0 spiro atoms. The van der Waals surface area contributed by atoms with Crippen LogP contribution in [-0.4, -0.2) is 24.4 Å². The molecule has 0 aromatic heterocycles. The molecule has 1 saturated carbocycles. The van der Waals surface area contributed by atoms with Crippen LogP contribution in [0.3, 0.4) is 0 Å². The smallest absolute Gasteiger partial charge is 0.249 e. The predicted molar refractivity (Wildman–Crippen MR) is 80.8 cm³/mol. The molecule has 2 atom stereocenters. The Labute approximate surface area is 134 Å². The molecule has 0 bridgehead atoms. The highest BCUT2D eigenvalue weighted by atomic mass is 80.0. The Morgan fingerprint density at radius 1 is 1.33 bits per heavy atom. The third-order valence-corrected chi connectivity index (χ3v) is 4.92. The zero-order chi connectivity index (χ0) is 13.6. The first-order chi connectivity index (χ1) is 8.42. The topological polar surface area (TPSA) is 67.8 Å². The number of nitrogens with one attached hydrogen (secondary N) is 1. The van der Waals surface area contributed by atoms with Crippen molar-refractivity contribution in [3.8, 4) is 0 Å². The van der Waals surface area contributed by atoms with Crippen molar-refractivity contribution < 1.29 is 18.5 Å². The minimum Gasteiger partial charge on any atom is -0.252 e. The zero-order valence-electron chi connectivity index (χ0n) is 9.61. The standard InChI is InChI=1S/C9H16Br3NO4S/c10-9(11,12)17-18(15)13-8(6-16-14)7-4-2-1-3-5-7/h7-8,13-14H,1-6H2. The summed E-state index contributed by atoms with van der Waals surface area (Å²) in [6.07, 6.45) is 5.62. The van der Waals surface area contributed by atoms with Gasteiger partial charge in [-0.05, 0) is 66.5 Å². The molecule has 0 radical (unpaired) electrons. The fourth-order valence-electron chi connectivity index (χ4n) is 2.12. The van der Waals surface area contributed by atoms with E-state index in [1.54, 1.807) is 0 Å². The van der Waals surface area contributed by atoms with Crippen molar-refractivity contribution in [2.24, 2.45) is 5.92 Å². The second-order valence-electron chi connectivity index (χ2n) is 4.18. The van der Waals surface area contributed by atoms with Crippen LogP contribution in [0.5, 0.6) is 0 Å². The summed E-state index contributed by atoms with van der Waals surface area (Å²) in [7, 11) is 0. The Morgan fingerprint density at radius 3 is 2.44 bits per heavy atom. The van der Waals surface area contributed by atoms with Crippen LogP contribution >= 0.6 is 47.8 Å². The number of rotatable bonds is 6. The van der Waals surface area contributed by atoms with E-state index in [4.69, 9.17) is 9.44 Å². The Hall–Kier alpha value is 1.43. The molecule has 1 fully saturated rings. The normalized spacial score (nSPS) is 21.8. The van der Waals surface area contributed by atoms with Crippen molar-refractivity contribution in [2.75, 3.05) is 6.61 Å². The summed E-state index contributed by atoms with van der Waals surface area (Å²) in [5.74, 6) is 0.342. The van der Waals surface area contributed by atoms with E-state index in [0.717, 1.165) is 25.7 Å². The summed E-state index contributed by atoms with van der Waals surface area (Å²) in [6.45, 7) is 0.0968. The quantitative estimate of drug-likeness (QED) is 0.352. The maximum Gasteiger partial charge on any atom is 0.249 e. The van der Waals surface area contributed by atoms with Crippen LogP contribution in [0.1, 0.15) is 32.1 Å². The summed E-state index contributed by atoms with van der Waals surface area (Å²) >= 11 is 7.60. The molecule has 1 aliphatic carbocycles. The van der Waals surface area contributed by atoms with Crippen molar-refractivity contribution in [2.45, 2.75) is 40.5 Å². The van der Waals surface area contributed by atoms with Crippen molar-refractivity contribution in [1.82, 2.24) is 4.72 Å².